The summed E-state index contributed by atoms with van der Waals surface area (Å²) in [7, 11) is 1.30. The molecular weight excluding hydrogens is 463 g/mol. The molecular formula is C26H23FN6O3. The van der Waals surface area contributed by atoms with E-state index in [1.54, 1.807) is 6.20 Å². The Morgan fingerprint density at radius 1 is 1.14 bits per heavy atom. The third-order valence-corrected chi connectivity index (χ3v) is 5.99. The summed E-state index contributed by atoms with van der Waals surface area (Å²) in [6.07, 6.45) is 6.63. The van der Waals surface area contributed by atoms with Crippen LogP contribution in [-0.2, 0) is 27.3 Å². The molecule has 5 aromatic rings. The lowest BCUT2D eigenvalue weighted by atomic mass is 10.1. The third-order valence-electron chi connectivity index (χ3n) is 5.99. The topological polar surface area (TPSA) is 115 Å². The molecule has 0 aliphatic rings. The second kappa shape index (κ2) is 9.95. The van der Waals surface area contributed by atoms with Crippen molar-refractivity contribution in [1.82, 2.24) is 29.8 Å². The van der Waals surface area contributed by atoms with Gasteiger partial charge in [0.1, 0.15) is 29.5 Å². The molecule has 2 N–H and O–H groups in total. The number of aromatic amines is 1. The number of fused-ring (bicyclic) bond motifs is 2. The molecule has 0 fully saturated rings. The number of benzene rings is 1. The van der Waals surface area contributed by atoms with Crippen LogP contribution < -0.4 is 5.32 Å². The number of ether oxygens (including phenoxy) is 1. The average Bonchev–Trinajstić information content (AvgIpc) is 3.51. The van der Waals surface area contributed by atoms with E-state index >= 15 is 0 Å². The van der Waals surface area contributed by atoms with Crippen molar-refractivity contribution in [2.45, 2.75) is 25.4 Å². The first-order chi connectivity index (χ1) is 17.5. The summed E-state index contributed by atoms with van der Waals surface area (Å²) in [6.45, 7) is 0.342. The standard InChI is InChI=1S/C26H23FN6O3/c1-36-26(35)21(11-16-5-3-2-4-6-16)32-22(34)8-10-33-9-7-18-23(30-15-31-25(18)33)20-14-29-24-19(20)12-17(27)13-28-24/h2-7,9,12-15,21H,8,10-11H2,1H3,(H,28,29)(H,32,34)/t21-/m1/s1. The van der Waals surface area contributed by atoms with E-state index in [9.17, 15) is 14.0 Å². The fourth-order valence-electron chi connectivity index (χ4n) is 4.25. The summed E-state index contributed by atoms with van der Waals surface area (Å²) in [6, 6.07) is 11.9. The summed E-state index contributed by atoms with van der Waals surface area (Å²) in [5.74, 6) is -1.22. The van der Waals surface area contributed by atoms with Gasteiger partial charge < -0.3 is 19.6 Å². The van der Waals surface area contributed by atoms with Crippen LogP contribution >= 0.6 is 0 Å². The lowest BCUT2D eigenvalue weighted by molar-refractivity contribution is -0.145. The SMILES string of the molecule is COC(=O)[C@@H](Cc1ccccc1)NC(=O)CCn1ccc2c(-c3c[nH]c4ncc(F)cc34)ncnc21. The lowest BCUT2D eigenvalue weighted by Gasteiger charge is -2.17. The first kappa shape index (κ1) is 23.2. The Bertz CT molecular complexity index is 1550. The predicted molar refractivity (Wildman–Crippen MR) is 131 cm³/mol. The molecule has 0 unspecified atom stereocenters. The third kappa shape index (κ3) is 4.65. The number of methoxy groups -OCH3 is 1. The van der Waals surface area contributed by atoms with Crippen molar-refractivity contribution in [2.75, 3.05) is 7.11 Å². The van der Waals surface area contributed by atoms with Crippen molar-refractivity contribution in [1.29, 1.82) is 0 Å². The van der Waals surface area contributed by atoms with Crippen molar-refractivity contribution < 1.29 is 18.7 Å². The van der Waals surface area contributed by atoms with Gasteiger partial charge in [0.2, 0.25) is 5.91 Å². The minimum absolute atomic E-state index is 0.133. The van der Waals surface area contributed by atoms with Gasteiger partial charge in [-0.05, 0) is 17.7 Å². The highest BCUT2D eigenvalue weighted by molar-refractivity contribution is 6.01. The molecule has 0 aliphatic carbocycles. The lowest BCUT2D eigenvalue weighted by Crippen LogP contribution is -2.43. The molecule has 0 saturated carbocycles. The van der Waals surface area contributed by atoms with E-state index in [0.29, 0.717) is 40.9 Å². The van der Waals surface area contributed by atoms with E-state index < -0.39 is 17.8 Å². The smallest absolute Gasteiger partial charge is 0.328 e. The quantitative estimate of drug-likeness (QED) is 0.325. The molecule has 0 aliphatic heterocycles. The fraction of sp³-hybridized carbons (Fsp3) is 0.192. The number of nitrogens with zero attached hydrogens (tertiary/aromatic N) is 4. The number of carbonyl (C=O) groups is 2. The number of hydrogen-bond donors (Lipinski definition) is 2. The van der Waals surface area contributed by atoms with Crippen molar-refractivity contribution in [3.05, 3.63) is 78.8 Å². The molecule has 0 bridgehead atoms. The monoisotopic (exact) mass is 486 g/mol. The molecule has 1 atom stereocenters. The van der Waals surface area contributed by atoms with E-state index in [1.165, 1.54) is 19.5 Å². The molecule has 10 heteroatoms. The maximum atomic E-state index is 13.8. The molecule has 9 nitrogen and oxygen atoms in total. The van der Waals surface area contributed by atoms with Crippen molar-refractivity contribution >= 4 is 33.9 Å². The van der Waals surface area contributed by atoms with Crippen molar-refractivity contribution in [3.63, 3.8) is 0 Å². The van der Waals surface area contributed by atoms with Gasteiger partial charge in [0.25, 0.3) is 0 Å². The number of esters is 1. The summed E-state index contributed by atoms with van der Waals surface area (Å²) in [4.78, 5) is 40.9. The second-order valence-electron chi connectivity index (χ2n) is 8.30. The van der Waals surface area contributed by atoms with E-state index in [4.69, 9.17) is 4.74 Å². The number of rotatable bonds is 8. The van der Waals surface area contributed by atoms with Crippen molar-refractivity contribution in [2.24, 2.45) is 0 Å². The summed E-state index contributed by atoms with van der Waals surface area (Å²) < 4.78 is 20.5. The normalized spacial score (nSPS) is 12.1. The van der Waals surface area contributed by atoms with Crippen LogP contribution in [0.1, 0.15) is 12.0 Å². The molecule has 1 amide bonds. The Labute approximate surface area is 205 Å². The number of H-pyrrole nitrogens is 1. The van der Waals surface area contributed by atoms with Crippen LogP contribution in [0.4, 0.5) is 4.39 Å². The number of carbonyl (C=O) groups excluding carboxylic acids is 2. The molecule has 4 aromatic heterocycles. The van der Waals surface area contributed by atoms with E-state index in [-0.39, 0.29) is 12.3 Å². The number of nitrogens with one attached hydrogen (secondary N) is 2. The molecule has 5 rings (SSSR count). The summed E-state index contributed by atoms with van der Waals surface area (Å²) in [5, 5.41) is 4.16. The second-order valence-corrected chi connectivity index (χ2v) is 8.30. The van der Waals surface area contributed by atoms with E-state index in [0.717, 1.165) is 17.1 Å². The van der Waals surface area contributed by atoms with Crippen LogP contribution in [0.5, 0.6) is 0 Å². The van der Waals surface area contributed by atoms with Crippen LogP contribution in [0, 0.1) is 5.82 Å². The van der Waals surface area contributed by atoms with Crippen LogP contribution in [0.3, 0.4) is 0 Å². The number of aromatic nitrogens is 5. The number of pyridine rings is 1. The molecule has 1 aromatic carbocycles. The molecule has 4 heterocycles. The van der Waals surface area contributed by atoms with Gasteiger partial charge in [0, 0.05) is 48.1 Å². The van der Waals surface area contributed by atoms with Crippen LogP contribution in [-0.4, -0.2) is 49.5 Å². The molecule has 0 saturated heterocycles. The Morgan fingerprint density at radius 2 is 1.97 bits per heavy atom. The van der Waals surface area contributed by atoms with Gasteiger partial charge in [0.05, 0.1) is 19.0 Å². The van der Waals surface area contributed by atoms with E-state index in [1.807, 2.05) is 47.2 Å². The maximum Gasteiger partial charge on any atom is 0.328 e. The van der Waals surface area contributed by atoms with Crippen LogP contribution in [0.2, 0.25) is 0 Å². The number of halogens is 1. The average molecular weight is 487 g/mol. The molecule has 182 valence electrons. The number of amides is 1. The van der Waals surface area contributed by atoms with Gasteiger partial charge in [-0.15, -0.1) is 0 Å². The summed E-state index contributed by atoms with van der Waals surface area (Å²) in [5.41, 5.74) is 3.46. The largest absolute Gasteiger partial charge is 0.467 e. The molecule has 36 heavy (non-hydrogen) atoms. The van der Waals surface area contributed by atoms with E-state index in [2.05, 4.69) is 25.3 Å². The van der Waals surface area contributed by atoms with Crippen LogP contribution in [0.15, 0.2) is 67.4 Å². The first-order valence-corrected chi connectivity index (χ1v) is 11.4. The van der Waals surface area contributed by atoms with Gasteiger partial charge in [-0.1, -0.05) is 30.3 Å². The Kier molecular flexibility index (Phi) is 6.40. The maximum absolute atomic E-state index is 13.8. The zero-order valence-electron chi connectivity index (χ0n) is 19.4. The zero-order valence-corrected chi connectivity index (χ0v) is 19.4. The Morgan fingerprint density at radius 3 is 2.78 bits per heavy atom. The van der Waals surface area contributed by atoms with Gasteiger partial charge in [-0.25, -0.2) is 24.1 Å². The Balaban J connectivity index is 1.33. The summed E-state index contributed by atoms with van der Waals surface area (Å²) >= 11 is 0. The highest BCUT2D eigenvalue weighted by atomic mass is 19.1. The number of aryl methyl sites for hydroxylation is 1. The van der Waals surface area contributed by atoms with Crippen LogP contribution in [0.25, 0.3) is 33.3 Å². The molecule has 0 spiro atoms. The highest BCUT2D eigenvalue weighted by Crippen LogP contribution is 2.31. The zero-order chi connectivity index (χ0) is 25.1. The van der Waals surface area contributed by atoms with Gasteiger partial charge in [-0.2, -0.15) is 0 Å². The molecule has 0 radical (unpaired) electrons. The number of hydrogen-bond acceptors (Lipinski definition) is 6. The predicted octanol–water partition coefficient (Wildman–Crippen LogP) is 3.40. The highest BCUT2D eigenvalue weighted by Gasteiger charge is 2.22. The van der Waals surface area contributed by atoms with Gasteiger partial charge >= 0.3 is 5.97 Å². The van der Waals surface area contributed by atoms with Crippen molar-refractivity contribution in [3.8, 4) is 11.3 Å². The fourth-order valence-corrected chi connectivity index (χ4v) is 4.25. The minimum atomic E-state index is -0.781. The minimum Gasteiger partial charge on any atom is -0.467 e. The van der Waals surface area contributed by atoms with Gasteiger partial charge in [-0.3, -0.25) is 4.79 Å². The first-order valence-electron chi connectivity index (χ1n) is 11.4. The van der Waals surface area contributed by atoms with Gasteiger partial charge in [0.15, 0.2) is 0 Å². The Hall–Kier alpha value is -4.60.